The molecule has 0 aromatic heterocycles. The van der Waals surface area contributed by atoms with E-state index < -0.39 is 0 Å². The first-order valence-corrected chi connectivity index (χ1v) is 7.54. The number of anilines is 1. The Bertz CT molecular complexity index is 633. The maximum atomic E-state index is 5.39. The molecule has 0 amide bonds. The number of methoxy groups -OCH3 is 1. The van der Waals surface area contributed by atoms with Gasteiger partial charge in [0, 0.05) is 23.1 Å². The lowest BCUT2D eigenvalue weighted by Crippen LogP contribution is -2.37. The molecular formula is C19H23NO. The minimum absolute atomic E-state index is 0.0686. The molecule has 2 aromatic rings. The Balaban J connectivity index is 1.96. The van der Waals surface area contributed by atoms with E-state index >= 15 is 0 Å². The highest BCUT2D eigenvalue weighted by atomic mass is 16.5. The molecule has 21 heavy (non-hydrogen) atoms. The molecule has 0 spiro atoms. The summed E-state index contributed by atoms with van der Waals surface area (Å²) in [6, 6.07) is 17.4. The van der Waals surface area contributed by atoms with Gasteiger partial charge < -0.3 is 10.1 Å². The molecule has 1 heterocycles. The summed E-state index contributed by atoms with van der Waals surface area (Å²) in [4.78, 5) is 0. The van der Waals surface area contributed by atoms with Gasteiger partial charge in [0.25, 0.3) is 0 Å². The third kappa shape index (κ3) is 2.29. The number of rotatable bonds is 3. The molecule has 0 saturated carbocycles. The summed E-state index contributed by atoms with van der Waals surface area (Å²) in [6.07, 6.45) is 0. The molecule has 2 unspecified atom stereocenters. The van der Waals surface area contributed by atoms with Crippen LogP contribution in [-0.2, 0) is 5.41 Å². The molecule has 1 N–H and O–H groups in total. The predicted molar refractivity (Wildman–Crippen MR) is 88.3 cm³/mol. The third-order valence-corrected chi connectivity index (χ3v) is 4.83. The summed E-state index contributed by atoms with van der Waals surface area (Å²) in [6.45, 7) is 6.93. The van der Waals surface area contributed by atoms with E-state index in [1.807, 2.05) is 6.07 Å². The van der Waals surface area contributed by atoms with E-state index in [1.165, 1.54) is 16.8 Å². The molecule has 2 nitrogen and oxygen atoms in total. The molecule has 0 saturated heterocycles. The monoisotopic (exact) mass is 281 g/mol. The van der Waals surface area contributed by atoms with Gasteiger partial charge in [0.15, 0.2) is 0 Å². The second kappa shape index (κ2) is 5.10. The first-order chi connectivity index (χ1) is 10.0. The quantitative estimate of drug-likeness (QED) is 0.889. The van der Waals surface area contributed by atoms with Gasteiger partial charge in [0.1, 0.15) is 5.75 Å². The maximum absolute atomic E-state index is 5.39. The molecule has 3 rings (SSSR count). The van der Waals surface area contributed by atoms with Crippen molar-refractivity contribution < 1.29 is 4.74 Å². The molecule has 0 aliphatic carbocycles. The van der Waals surface area contributed by atoms with Crippen LogP contribution in [0.25, 0.3) is 0 Å². The normalized spacial score (nSPS) is 20.5. The van der Waals surface area contributed by atoms with Crippen molar-refractivity contribution in [2.75, 3.05) is 12.4 Å². The van der Waals surface area contributed by atoms with Gasteiger partial charge >= 0.3 is 0 Å². The highest BCUT2D eigenvalue weighted by molar-refractivity contribution is 5.64. The predicted octanol–water partition coefficient (Wildman–Crippen LogP) is 4.57. The van der Waals surface area contributed by atoms with Gasteiger partial charge in [-0.25, -0.2) is 0 Å². The first-order valence-electron chi connectivity index (χ1n) is 7.54. The van der Waals surface area contributed by atoms with Crippen LogP contribution in [0.4, 0.5) is 5.69 Å². The first kappa shape index (κ1) is 14.0. The van der Waals surface area contributed by atoms with Crippen LogP contribution in [0.15, 0.2) is 48.5 Å². The topological polar surface area (TPSA) is 21.3 Å². The molecule has 110 valence electrons. The van der Waals surface area contributed by atoms with Crippen LogP contribution in [0.1, 0.15) is 37.8 Å². The molecule has 0 radical (unpaired) electrons. The Morgan fingerprint density at radius 1 is 1.10 bits per heavy atom. The van der Waals surface area contributed by atoms with Gasteiger partial charge in [-0.3, -0.25) is 0 Å². The van der Waals surface area contributed by atoms with E-state index in [9.17, 15) is 0 Å². The van der Waals surface area contributed by atoms with Crippen molar-refractivity contribution >= 4 is 5.69 Å². The molecule has 2 heteroatoms. The van der Waals surface area contributed by atoms with Gasteiger partial charge in [-0.05, 0) is 29.3 Å². The minimum Gasteiger partial charge on any atom is -0.497 e. The SMILES string of the molecule is COc1ccc2c(c1)C(C)(C)C(C(C)c1ccccc1)N2. The summed E-state index contributed by atoms with van der Waals surface area (Å²) >= 11 is 0. The Hall–Kier alpha value is -1.96. The zero-order chi connectivity index (χ0) is 15.0. The van der Waals surface area contributed by atoms with Crippen LogP contribution in [0.3, 0.4) is 0 Å². The van der Waals surface area contributed by atoms with Crippen molar-refractivity contribution in [1.29, 1.82) is 0 Å². The standard InChI is InChI=1S/C19H23NO/c1-13(14-8-6-5-7-9-14)18-19(2,3)16-12-15(21-4)10-11-17(16)20-18/h5-13,18,20H,1-4H3. The molecule has 2 aromatic carbocycles. The van der Waals surface area contributed by atoms with Gasteiger partial charge in [-0.15, -0.1) is 0 Å². The van der Waals surface area contributed by atoms with Gasteiger partial charge in [0.05, 0.1) is 7.11 Å². The third-order valence-electron chi connectivity index (χ3n) is 4.83. The number of hydrogen-bond donors (Lipinski definition) is 1. The zero-order valence-corrected chi connectivity index (χ0v) is 13.2. The second-order valence-corrected chi connectivity index (χ2v) is 6.45. The Kier molecular flexibility index (Phi) is 3.40. The summed E-state index contributed by atoms with van der Waals surface area (Å²) in [5.74, 6) is 1.37. The van der Waals surface area contributed by atoms with E-state index in [1.54, 1.807) is 7.11 Å². The van der Waals surface area contributed by atoms with E-state index in [0.717, 1.165) is 5.75 Å². The fourth-order valence-electron chi connectivity index (χ4n) is 3.52. The molecular weight excluding hydrogens is 258 g/mol. The Morgan fingerprint density at radius 3 is 2.48 bits per heavy atom. The minimum atomic E-state index is 0.0686. The van der Waals surface area contributed by atoms with Crippen molar-refractivity contribution in [3.8, 4) is 5.75 Å². The number of nitrogens with one attached hydrogen (secondary N) is 1. The molecule has 1 aliphatic heterocycles. The second-order valence-electron chi connectivity index (χ2n) is 6.45. The highest BCUT2D eigenvalue weighted by Crippen LogP contribution is 2.46. The fourth-order valence-corrected chi connectivity index (χ4v) is 3.52. The average Bonchev–Trinajstić information content (AvgIpc) is 2.78. The summed E-state index contributed by atoms with van der Waals surface area (Å²) in [7, 11) is 1.72. The summed E-state index contributed by atoms with van der Waals surface area (Å²) < 4.78 is 5.39. The summed E-state index contributed by atoms with van der Waals surface area (Å²) in [5.41, 5.74) is 4.02. The Labute approximate surface area is 127 Å². The van der Waals surface area contributed by atoms with Crippen LogP contribution in [0.5, 0.6) is 5.75 Å². The van der Waals surface area contributed by atoms with Crippen LogP contribution in [0.2, 0.25) is 0 Å². The molecule has 2 atom stereocenters. The van der Waals surface area contributed by atoms with Crippen LogP contribution < -0.4 is 10.1 Å². The lowest BCUT2D eigenvalue weighted by molar-refractivity contribution is 0.401. The highest BCUT2D eigenvalue weighted by Gasteiger charge is 2.42. The molecule has 0 bridgehead atoms. The largest absolute Gasteiger partial charge is 0.497 e. The Morgan fingerprint density at radius 2 is 1.81 bits per heavy atom. The lowest BCUT2D eigenvalue weighted by atomic mass is 9.74. The molecule has 1 aliphatic rings. The van der Waals surface area contributed by atoms with E-state index in [4.69, 9.17) is 4.74 Å². The smallest absolute Gasteiger partial charge is 0.119 e. The van der Waals surface area contributed by atoms with Crippen LogP contribution >= 0.6 is 0 Å². The van der Waals surface area contributed by atoms with E-state index in [-0.39, 0.29) is 5.41 Å². The number of benzene rings is 2. The lowest BCUT2D eigenvalue weighted by Gasteiger charge is -2.33. The fraction of sp³-hybridized carbons (Fsp3) is 0.368. The maximum Gasteiger partial charge on any atom is 0.119 e. The van der Waals surface area contributed by atoms with Crippen molar-refractivity contribution in [2.24, 2.45) is 0 Å². The number of fused-ring (bicyclic) bond motifs is 1. The van der Waals surface area contributed by atoms with Crippen molar-refractivity contribution in [1.82, 2.24) is 0 Å². The zero-order valence-electron chi connectivity index (χ0n) is 13.2. The van der Waals surface area contributed by atoms with Crippen molar-refractivity contribution in [2.45, 2.75) is 38.1 Å². The average molecular weight is 281 g/mol. The molecule has 0 fully saturated rings. The number of ether oxygens (including phenoxy) is 1. The van der Waals surface area contributed by atoms with Gasteiger partial charge in [-0.1, -0.05) is 51.1 Å². The van der Waals surface area contributed by atoms with E-state index in [2.05, 4.69) is 68.6 Å². The van der Waals surface area contributed by atoms with Gasteiger partial charge in [-0.2, -0.15) is 0 Å². The van der Waals surface area contributed by atoms with Gasteiger partial charge in [0.2, 0.25) is 0 Å². The van der Waals surface area contributed by atoms with Crippen molar-refractivity contribution in [3.63, 3.8) is 0 Å². The number of hydrogen-bond acceptors (Lipinski definition) is 2. The van der Waals surface area contributed by atoms with Crippen LogP contribution in [0, 0.1) is 0 Å². The summed E-state index contributed by atoms with van der Waals surface area (Å²) in [5, 5.41) is 3.72. The van der Waals surface area contributed by atoms with E-state index in [0.29, 0.717) is 12.0 Å². The van der Waals surface area contributed by atoms with Crippen LogP contribution in [-0.4, -0.2) is 13.2 Å². The van der Waals surface area contributed by atoms with Crippen molar-refractivity contribution in [3.05, 3.63) is 59.7 Å².